The van der Waals surface area contributed by atoms with Crippen LogP contribution >= 0.6 is 0 Å². The Labute approximate surface area is 200 Å². The molecule has 0 spiro atoms. The Kier molecular flexibility index (Phi) is 7.01. The predicted octanol–water partition coefficient (Wildman–Crippen LogP) is 5.68. The number of carbonyl (C=O) groups is 2. The van der Waals surface area contributed by atoms with Crippen LogP contribution in [0.4, 0.5) is 8.78 Å². The van der Waals surface area contributed by atoms with Gasteiger partial charge < -0.3 is 14.0 Å². The van der Waals surface area contributed by atoms with Crippen molar-refractivity contribution in [3.8, 4) is 11.4 Å². The fourth-order valence-electron chi connectivity index (χ4n) is 3.90. The molecule has 0 aliphatic rings. The van der Waals surface area contributed by atoms with Gasteiger partial charge >= 0.3 is 12.6 Å². The Hall–Kier alpha value is -4.33. The van der Waals surface area contributed by atoms with Gasteiger partial charge in [-0.1, -0.05) is 24.3 Å². The number of esters is 1. The maximum Gasteiger partial charge on any atom is 0.387 e. The SMILES string of the molecule is Cc1cc(C(=O)COC(=O)/C=C/c2cccc3cccnc23)c(C)n1-c1ccc(OC(F)F)cc1. The maximum absolute atomic E-state index is 12.8. The van der Waals surface area contributed by atoms with Crippen LogP contribution in [-0.2, 0) is 9.53 Å². The number of alkyl halides is 2. The highest BCUT2D eigenvalue weighted by Gasteiger charge is 2.18. The number of aromatic nitrogens is 2. The number of ketones is 1. The van der Waals surface area contributed by atoms with E-state index in [0.717, 1.165) is 22.2 Å². The van der Waals surface area contributed by atoms with Crippen LogP contribution in [0.15, 0.2) is 72.9 Å². The van der Waals surface area contributed by atoms with Gasteiger partial charge in [0, 0.05) is 45.9 Å². The molecule has 0 aliphatic heterocycles. The summed E-state index contributed by atoms with van der Waals surface area (Å²) in [5.41, 5.74) is 4.03. The number of Topliss-reactive ketones (excluding diaryl/α,β-unsaturated/α-hetero) is 1. The fourth-order valence-corrected chi connectivity index (χ4v) is 3.90. The van der Waals surface area contributed by atoms with Gasteiger partial charge in [-0.05, 0) is 56.3 Å². The fraction of sp³-hybridized carbons (Fsp3) is 0.148. The lowest BCUT2D eigenvalue weighted by molar-refractivity contribution is -0.136. The highest BCUT2D eigenvalue weighted by molar-refractivity contribution is 6.00. The minimum absolute atomic E-state index is 0.0433. The topological polar surface area (TPSA) is 70.4 Å². The van der Waals surface area contributed by atoms with Crippen LogP contribution in [0.2, 0.25) is 0 Å². The summed E-state index contributed by atoms with van der Waals surface area (Å²) in [7, 11) is 0. The van der Waals surface area contributed by atoms with Crippen LogP contribution in [0.1, 0.15) is 27.3 Å². The standard InChI is InChI=1S/C27H22F2N2O4/c1-17-15-23(18(2)31(17)21-9-11-22(12-10-21)35-27(28)29)24(32)16-34-25(33)13-8-20-6-3-5-19-7-4-14-30-26(19)20/h3-15,27H,16H2,1-2H3/b13-8+. The van der Waals surface area contributed by atoms with E-state index in [1.807, 2.05) is 41.8 Å². The first-order chi connectivity index (χ1) is 16.8. The molecule has 0 aliphatic carbocycles. The normalized spacial score (nSPS) is 11.3. The zero-order valence-electron chi connectivity index (χ0n) is 19.1. The third-order valence-corrected chi connectivity index (χ3v) is 5.46. The average molecular weight is 476 g/mol. The van der Waals surface area contributed by atoms with Crippen LogP contribution in [0.25, 0.3) is 22.7 Å². The lowest BCUT2D eigenvalue weighted by atomic mass is 10.1. The van der Waals surface area contributed by atoms with Gasteiger partial charge in [0.25, 0.3) is 0 Å². The van der Waals surface area contributed by atoms with Crippen molar-refractivity contribution in [1.82, 2.24) is 9.55 Å². The zero-order valence-corrected chi connectivity index (χ0v) is 19.1. The zero-order chi connectivity index (χ0) is 24.9. The molecule has 0 unspecified atom stereocenters. The molecule has 0 atom stereocenters. The number of hydrogen-bond donors (Lipinski definition) is 0. The summed E-state index contributed by atoms with van der Waals surface area (Å²) in [4.78, 5) is 29.3. The molecule has 0 N–H and O–H groups in total. The molecule has 0 saturated heterocycles. The van der Waals surface area contributed by atoms with Gasteiger partial charge in [-0.25, -0.2) is 4.79 Å². The molecule has 2 aromatic carbocycles. The number of fused-ring (bicyclic) bond motifs is 1. The first-order valence-corrected chi connectivity index (χ1v) is 10.8. The predicted molar refractivity (Wildman–Crippen MR) is 128 cm³/mol. The van der Waals surface area contributed by atoms with E-state index in [4.69, 9.17) is 4.74 Å². The van der Waals surface area contributed by atoms with Gasteiger partial charge in [0.05, 0.1) is 5.52 Å². The monoisotopic (exact) mass is 476 g/mol. The summed E-state index contributed by atoms with van der Waals surface area (Å²) in [5.74, 6) is -0.952. The van der Waals surface area contributed by atoms with E-state index in [0.29, 0.717) is 16.9 Å². The summed E-state index contributed by atoms with van der Waals surface area (Å²) in [6, 6.07) is 17.2. The van der Waals surface area contributed by atoms with E-state index < -0.39 is 19.2 Å². The molecule has 0 fully saturated rings. The highest BCUT2D eigenvalue weighted by atomic mass is 19.3. The second-order valence-corrected chi connectivity index (χ2v) is 7.78. The Bertz CT molecular complexity index is 1400. The van der Waals surface area contributed by atoms with E-state index in [-0.39, 0.29) is 11.5 Å². The summed E-state index contributed by atoms with van der Waals surface area (Å²) < 4.78 is 36.1. The van der Waals surface area contributed by atoms with Crippen LogP contribution in [0.5, 0.6) is 5.75 Å². The van der Waals surface area contributed by atoms with Crippen molar-refractivity contribution < 1.29 is 27.8 Å². The summed E-state index contributed by atoms with van der Waals surface area (Å²) in [6.07, 6.45) is 4.55. The number of halogens is 2. The molecule has 0 amide bonds. The van der Waals surface area contributed by atoms with Crippen molar-refractivity contribution in [3.05, 3.63) is 95.5 Å². The first kappa shape index (κ1) is 23.8. The molecule has 0 radical (unpaired) electrons. The highest BCUT2D eigenvalue weighted by Crippen LogP contribution is 2.24. The second kappa shape index (κ2) is 10.3. The quantitative estimate of drug-likeness (QED) is 0.186. The molecule has 0 saturated carbocycles. The van der Waals surface area contributed by atoms with Crippen LogP contribution in [-0.4, -0.2) is 34.5 Å². The van der Waals surface area contributed by atoms with Crippen molar-refractivity contribution in [2.75, 3.05) is 6.61 Å². The molecule has 35 heavy (non-hydrogen) atoms. The van der Waals surface area contributed by atoms with Crippen molar-refractivity contribution in [2.24, 2.45) is 0 Å². The number of rotatable bonds is 8. The summed E-state index contributed by atoms with van der Waals surface area (Å²) >= 11 is 0. The molecule has 2 aromatic heterocycles. The molecule has 0 bridgehead atoms. The molecule has 178 valence electrons. The van der Waals surface area contributed by atoms with Gasteiger partial charge in [-0.3, -0.25) is 9.78 Å². The van der Waals surface area contributed by atoms with Crippen LogP contribution in [0, 0.1) is 13.8 Å². The van der Waals surface area contributed by atoms with Crippen molar-refractivity contribution in [2.45, 2.75) is 20.5 Å². The van der Waals surface area contributed by atoms with Crippen molar-refractivity contribution >= 4 is 28.7 Å². The molecular formula is C27H22F2N2O4. The van der Waals surface area contributed by atoms with E-state index >= 15 is 0 Å². The van der Waals surface area contributed by atoms with Gasteiger partial charge in [0.15, 0.2) is 6.61 Å². The summed E-state index contributed by atoms with van der Waals surface area (Å²) in [5, 5.41) is 0.949. The number of hydrogen-bond acceptors (Lipinski definition) is 5. The van der Waals surface area contributed by atoms with Crippen LogP contribution in [0.3, 0.4) is 0 Å². The lowest BCUT2D eigenvalue weighted by Crippen LogP contribution is -2.13. The van der Waals surface area contributed by atoms with E-state index in [1.165, 1.54) is 18.2 Å². The molecule has 4 rings (SSSR count). The number of pyridine rings is 1. The minimum atomic E-state index is -2.90. The molecule has 6 nitrogen and oxygen atoms in total. The smallest absolute Gasteiger partial charge is 0.387 e. The third-order valence-electron chi connectivity index (χ3n) is 5.46. The Balaban J connectivity index is 1.43. The van der Waals surface area contributed by atoms with Gasteiger partial charge in [0.1, 0.15) is 5.75 Å². The van der Waals surface area contributed by atoms with Crippen molar-refractivity contribution in [1.29, 1.82) is 0 Å². The molecule has 2 heterocycles. The number of aryl methyl sites for hydroxylation is 1. The number of ether oxygens (including phenoxy) is 2. The second-order valence-electron chi connectivity index (χ2n) is 7.78. The maximum atomic E-state index is 12.8. The third kappa shape index (κ3) is 5.43. The minimum Gasteiger partial charge on any atom is -0.454 e. The Morgan fingerprint density at radius 2 is 1.80 bits per heavy atom. The summed E-state index contributed by atoms with van der Waals surface area (Å²) in [6.45, 7) is 0.267. The molecule has 4 aromatic rings. The Morgan fingerprint density at radius 3 is 2.54 bits per heavy atom. The van der Waals surface area contributed by atoms with Gasteiger partial charge in [-0.15, -0.1) is 0 Å². The number of benzene rings is 2. The van der Waals surface area contributed by atoms with Crippen molar-refractivity contribution in [3.63, 3.8) is 0 Å². The first-order valence-electron chi connectivity index (χ1n) is 10.8. The number of carbonyl (C=O) groups excluding carboxylic acids is 2. The van der Waals surface area contributed by atoms with Crippen LogP contribution < -0.4 is 4.74 Å². The van der Waals surface area contributed by atoms with E-state index in [9.17, 15) is 18.4 Å². The molecule has 8 heteroatoms. The van der Waals surface area contributed by atoms with Gasteiger partial charge in [-0.2, -0.15) is 8.78 Å². The lowest BCUT2D eigenvalue weighted by Gasteiger charge is -2.11. The largest absolute Gasteiger partial charge is 0.454 e. The number of para-hydroxylation sites is 1. The molecular weight excluding hydrogens is 454 g/mol. The van der Waals surface area contributed by atoms with Gasteiger partial charge in [0.2, 0.25) is 5.78 Å². The Morgan fingerprint density at radius 1 is 1.06 bits per heavy atom. The van der Waals surface area contributed by atoms with E-state index in [1.54, 1.807) is 37.4 Å². The average Bonchev–Trinajstić information content (AvgIpc) is 3.15. The van der Waals surface area contributed by atoms with E-state index in [2.05, 4.69) is 9.72 Å². The number of nitrogens with zero attached hydrogens (tertiary/aromatic N) is 2.